The summed E-state index contributed by atoms with van der Waals surface area (Å²) in [5.74, 6) is 1.03. The van der Waals surface area contributed by atoms with E-state index in [0.29, 0.717) is 0 Å². The first kappa shape index (κ1) is 20.3. The lowest BCUT2D eigenvalue weighted by atomic mass is 9.76. The van der Waals surface area contributed by atoms with Crippen LogP contribution < -0.4 is 9.96 Å². The van der Waals surface area contributed by atoms with Crippen molar-refractivity contribution in [3.63, 3.8) is 0 Å². The van der Waals surface area contributed by atoms with Gasteiger partial charge in [0.1, 0.15) is 5.75 Å². The molecule has 0 unspecified atom stereocenters. The molecular weight excluding hydrogens is 309 g/mol. The molecule has 0 bridgehead atoms. The maximum atomic E-state index is 6.17. The fraction of sp³-hybridized carbons (Fsp3) is 0.714. The van der Waals surface area contributed by atoms with E-state index in [9.17, 15) is 0 Å². The van der Waals surface area contributed by atoms with Crippen LogP contribution in [0.2, 0.25) is 6.32 Å². The molecule has 1 N–H and O–H groups in total. The predicted molar refractivity (Wildman–Crippen MR) is 107 cm³/mol. The van der Waals surface area contributed by atoms with Crippen LogP contribution in [0.4, 0.5) is 0 Å². The van der Waals surface area contributed by atoms with Crippen molar-refractivity contribution >= 4 is 7.05 Å². The summed E-state index contributed by atoms with van der Waals surface area (Å²) in [7, 11) is 1.96. The van der Waals surface area contributed by atoms with E-state index >= 15 is 0 Å². The summed E-state index contributed by atoms with van der Waals surface area (Å²) in [4.78, 5) is 0. The van der Waals surface area contributed by atoms with Crippen molar-refractivity contribution in [2.24, 2.45) is 0 Å². The minimum absolute atomic E-state index is 0.0381. The smallest absolute Gasteiger partial charge is 0.380 e. The molecule has 3 nitrogen and oxygen atoms in total. The van der Waals surface area contributed by atoms with E-state index in [1.165, 1.54) is 30.4 Å². The first-order valence-electron chi connectivity index (χ1n) is 9.90. The second kappa shape index (κ2) is 8.59. The molecule has 1 heterocycles. The Bertz CT molecular complexity index is 541. The van der Waals surface area contributed by atoms with Crippen LogP contribution in [-0.4, -0.2) is 25.3 Å². The Morgan fingerprint density at radius 3 is 2.44 bits per heavy atom. The normalized spacial score (nSPS) is 18.6. The summed E-state index contributed by atoms with van der Waals surface area (Å²) < 4.78 is 11.6. The molecule has 0 amide bonds. The van der Waals surface area contributed by atoms with E-state index in [4.69, 9.17) is 9.39 Å². The van der Waals surface area contributed by atoms with Crippen LogP contribution in [-0.2, 0) is 17.5 Å². The van der Waals surface area contributed by atoms with Gasteiger partial charge in [0.15, 0.2) is 0 Å². The summed E-state index contributed by atoms with van der Waals surface area (Å²) >= 11 is 0. The quantitative estimate of drug-likeness (QED) is 0.503. The number of hydrogen-bond donors (Lipinski definition) is 1. The summed E-state index contributed by atoms with van der Waals surface area (Å²) in [5.41, 5.74) is 2.71. The van der Waals surface area contributed by atoms with Crippen LogP contribution in [0, 0.1) is 0 Å². The van der Waals surface area contributed by atoms with Crippen molar-refractivity contribution in [2.75, 3.05) is 7.11 Å². The third-order valence-corrected chi connectivity index (χ3v) is 5.76. The third-order valence-electron chi connectivity index (χ3n) is 5.76. The van der Waals surface area contributed by atoms with Crippen molar-refractivity contribution < 1.29 is 9.39 Å². The van der Waals surface area contributed by atoms with Crippen LogP contribution in [0.15, 0.2) is 18.2 Å². The number of methoxy groups -OCH3 is 1. The van der Waals surface area contributed by atoms with Gasteiger partial charge in [-0.3, -0.25) is 0 Å². The molecule has 25 heavy (non-hydrogen) atoms. The average Bonchev–Trinajstić information content (AvgIpc) is 2.75. The Kier molecular flexibility index (Phi) is 6.98. The minimum Gasteiger partial charge on any atom is -0.496 e. The highest BCUT2D eigenvalue weighted by Crippen LogP contribution is 2.33. The van der Waals surface area contributed by atoms with Crippen molar-refractivity contribution in [1.29, 1.82) is 0 Å². The van der Waals surface area contributed by atoms with Crippen LogP contribution >= 0.6 is 0 Å². The lowest BCUT2D eigenvalue weighted by Gasteiger charge is -2.33. The van der Waals surface area contributed by atoms with E-state index in [2.05, 4.69) is 58.0 Å². The van der Waals surface area contributed by atoms with Crippen LogP contribution in [0.1, 0.15) is 71.4 Å². The Morgan fingerprint density at radius 2 is 1.84 bits per heavy atom. The third kappa shape index (κ3) is 5.24. The second-order valence-electron chi connectivity index (χ2n) is 8.38. The fourth-order valence-electron chi connectivity index (χ4n) is 3.53. The van der Waals surface area contributed by atoms with Crippen molar-refractivity contribution in [3.8, 4) is 5.75 Å². The molecule has 1 fully saturated rings. The number of ether oxygens (including phenoxy) is 1. The topological polar surface area (TPSA) is 30.5 Å². The standard InChI is InChI=1S/C21H36BNO2/c1-7-11-18-16-17(13-14-19(18)24-6)12-9-8-10-15-22-23-20(2,3)21(4,5)25-22/h13-14,16,23H,7-12,15H2,1-6H3. The van der Waals surface area contributed by atoms with Crippen LogP contribution in [0.5, 0.6) is 5.75 Å². The highest BCUT2D eigenvalue weighted by atomic mass is 16.5. The van der Waals surface area contributed by atoms with E-state index in [1.807, 2.05) is 0 Å². The van der Waals surface area contributed by atoms with Crippen molar-refractivity contribution in [3.05, 3.63) is 29.3 Å². The Morgan fingerprint density at radius 1 is 1.08 bits per heavy atom. The summed E-state index contributed by atoms with van der Waals surface area (Å²) in [6, 6.07) is 6.67. The molecule has 0 radical (unpaired) electrons. The zero-order valence-corrected chi connectivity index (χ0v) is 17.1. The molecule has 0 aliphatic carbocycles. The molecule has 0 saturated carbocycles. The maximum Gasteiger partial charge on any atom is 0.380 e. The zero-order chi connectivity index (χ0) is 18.5. The first-order valence-corrected chi connectivity index (χ1v) is 9.90. The van der Waals surface area contributed by atoms with Gasteiger partial charge in [0, 0.05) is 5.54 Å². The summed E-state index contributed by atoms with van der Waals surface area (Å²) in [5, 5.41) is 3.63. The van der Waals surface area contributed by atoms with Crippen LogP contribution in [0.25, 0.3) is 0 Å². The number of unbranched alkanes of at least 4 members (excludes halogenated alkanes) is 2. The molecule has 1 aromatic carbocycles. The van der Waals surface area contributed by atoms with Gasteiger partial charge in [-0.05, 0) is 70.5 Å². The molecule has 1 aromatic rings. The van der Waals surface area contributed by atoms with Gasteiger partial charge in [-0.25, -0.2) is 0 Å². The lowest BCUT2D eigenvalue weighted by Crippen LogP contribution is -2.49. The minimum atomic E-state index is -0.101. The number of nitrogens with one attached hydrogen (secondary N) is 1. The fourth-order valence-corrected chi connectivity index (χ4v) is 3.53. The largest absolute Gasteiger partial charge is 0.496 e. The van der Waals surface area contributed by atoms with Crippen LogP contribution in [0.3, 0.4) is 0 Å². The Labute approximate surface area is 155 Å². The van der Waals surface area contributed by atoms with E-state index < -0.39 is 0 Å². The number of benzene rings is 1. The Hall–Kier alpha value is -0.995. The van der Waals surface area contributed by atoms with Crippen molar-refractivity contribution in [1.82, 2.24) is 5.23 Å². The predicted octanol–water partition coefficient (Wildman–Crippen LogP) is 5.03. The first-order chi connectivity index (χ1) is 11.8. The molecule has 0 atom stereocenters. The number of aryl methyl sites for hydroxylation is 2. The van der Waals surface area contributed by atoms with Gasteiger partial charge in [0.25, 0.3) is 0 Å². The highest BCUT2D eigenvalue weighted by Gasteiger charge is 2.48. The average molecular weight is 345 g/mol. The second-order valence-corrected chi connectivity index (χ2v) is 8.38. The van der Waals surface area contributed by atoms with E-state index in [0.717, 1.165) is 31.3 Å². The molecule has 2 rings (SSSR count). The van der Waals surface area contributed by atoms with Gasteiger partial charge in [0.05, 0.1) is 12.7 Å². The summed E-state index contributed by atoms with van der Waals surface area (Å²) in [6.45, 7) is 11.0. The molecule has 1 aliphatic rings. The van der Waals surface area contributed by atoms with E-state index in [1.54, 1.807) is 7.11 Å². The van der Waals surface area contributed by atoms with Gasteiger partial charge >= 0.3 is 7.05 Å². The maximum absolute atomic E-state index is 6.17. The molecule has 4 heteroatoms. The molecule has 0 spiro atoms. The van der Waals surface area contributed by atoms with Gasteiger partial charge in [-0.15, -0.1) is 0 Å². The Balaban J connectivity index is 1.72. The van der Waals surface area contributed by atoms with Gasteiger partial charge in [-0.2, -0.15) is 0 Å². The molecule has 1 aliphatic heterocycles. The van der Waals surface area contributed by atoms with Gasteiger partial charge < -0.3 is 14.6 Å². The SMILES string of the molecule is CCCc1cc(CCCCCB2NC(C)(C)C(C)(C)O2)ccc1OC. The number of hydrogen-bond acceptors (Lipinski definition) is 3. The monoisotopic (exact) mass is 345 g/mol. The molecule has 140 valence electrons. The molecule has 1 saturated heterocycles. The highest BCUT2D eigenvalue weighted by molar-refractivity contribution is 6.50. The zero-order valence-electron chi connectivity index (χ0n) is 17.1. The van der Waals surface area contributed by atoms with Crippen molar-refractivity contribution in [2.45, 2.75) is 90.6 Å². The van der Waals surface area contributed by atoms with Gasteiger partial charge in [-0.1, -0.05) is 38.3 Å². The lowest BCUT2D eigenvalue weighted by molar-refractivity contribution is 0.0733. The summed E-state index contributed by atoms with van der Waals surface area (Å²) in [6.07, 6.45) is 8.18. The van der Waals surface area contributed by atoms with E-state index in [-0.39, 0.29) is 18.2 Å². The van der Waals surface area contributed by atoms with Gasteiger partial charge in [0.2, 0.25) is 0 Å². The number of rotatable bonds is 9. The molecule has 0 aromatic heterocycles. The molecular formula is C21H36BNO2.